The number of alkyl halides is 9. The molecule has 0 atom stereocenters. The van der Waals surface area contributed by atoms with E-state index in [0.29, 0.717) is 0 Å². The third-order valence-corrected chi connectivity index (χ3v) is 4.73. The van der Waals surface area contributed by atoms with Gasteiger partial charge < -0.3 is 13.3 Å². The standard InChI is InChI=1S/C10H9F9O6Si/c1-2-3-4-26(23-5(20)8(11,12)13,24-6(21)9(14,15)16)25-7(22)10(17,18)19/h2-4H2,1H3. The van der Waals surface area contributed by atoms with E-state index in [0.717, 1.165) is 0 Å². The van der Waals surface area contributed by atoms with Gasteiger partial charge in [0.05, 0.1) is 6.04 Å². The Morgan fingerprint density at radius 1 is 0.692 bits per heavy atom. The molecule has 0 aromatic heterocycles. The molecule has 0 amide bonds. The average Bonchev–Trinajstić information content (AvgIpc) is 2.41. The van der Waals surface area contributed by atoms with Gasteiger partial charge in [0.15, 0.2) is 0 Å². The largest absolute Gasteiger partial charge is 0.705 e. The van der Waals surface area contributed by atoms with Crippen molar-refractivity contribution in [1.82, 2.24) is 0 Å². The lowest BCUT2D eigenvalue weighted by Gasteiger charge is -2.28. The second-order valence-electron chi connectivity index (χ2n) is 4.45. The van der Waals surface area contributed by atoms with Gasteiger partial charge in [-0.2, -0.15) is 39.5 Å². The second-order valence-corrected chi connectivity index (χ2v) is 6.93. The van der Waals surface area contributed by atoms with Crippen molar-refractivity contribution in [2.45, 2.75) is 44.3 Å². The summed E-state index contributed by atoms with van der Waals surface area (Å²) in [6.07, 6.45) is -18.2. The lowest BCUT2D eigenvalue weighted by molar-refractivity contribution is -0.209. The van der Waals surface area contributed by atoms with Crippen molar-refractivity contribution in [1.29, 1.82) is 0 Å². The molecule has 0 unspecified atom stereocenters. The molecule has 0 N–H and O–H groups in total. The van der Waals surface area contributed by atoms with Gasteiger partial charge in [-0.1, -0.05) is 13.3 Å². The number of halogens is 9. The van der Waals surface area contributed by atoms with Crippen molar-refractivity contribution in [2.75, 3.05) is 0 Å². The molecular formula is C10H9F9O6Si. The molecule has 0 bridgehead atoms. The summed E-state index contributed by atoms with van der Waals surface area (Å²) in [5, 5.41) is 0. The molecule has 26 heavy (non-hydrogen) atoms. The topological polar surface area (TPSA) is 78.9 Å². The van der Waals surface area contributed by atoms with Crippen molar-refractivity contribution in [3.63, 3.8) is 0 Å². The molecule has 0 radical (unpaired) electrons. The third kappa shape index (κ3) is 7.48. The van der Waals surface area contributed by atoms with E-state index in [1.54, 1.807) is 0 Å². The maximum absolute atomic E-state index is 12.3. The number of hydrogen-bond donors (Lipinski definition) is 0. The van der Waals surface area contributed by atoms with Crippen LogP contribution in [0, 0.1) is 0 Å². The lowest BCUT2D eigenvalue weighted by atomic mass is 10.4. The van der Waals surface area contributed by atoms with E-state index in [1.807, 2.05) is 0 Å². The number of carbonyl (C=O) groups excluding carboxylic acids is 3. The van der Waals surface area contributed by atoms with Crippen LogP contribution in [0.15, 0.2) is 0 Å². The highest BCUT2D eigenvalue weighted by molar-refractivity contribution is 6.65. The van der Waals surface area contributed by atoms with Crippen molar-refractivity contribution < 1.29 is 67.2 Å². The predicted molar refractivity (Wildman–Crippen MR) is 61.9 cm³/mol. The summed E-state index contributed by atoms with van der Waals surface area (Å²) < 4.78 is 121. The van der Waals surface area contributed by atoms with Crippen molar-refractivity contribution in [2.24, 2.45) is 0 Å². The van der Waals surface area contributed by atoms with Gasteiger partial charge in [0, 0.05) is 0 Å². The van der Waals surface area contributed by atoms with Crippen LogP contribution in [0.4, 0.5) is 39.5 Å². The monoisotopic (exact) mass is 424 g/mol. The maximum Gasteiger partial charge on any atom is 0.705 e. The molecule has 0 saturated carbocycles. The van der Waals surface area contributed by atoms with Gasteiger partial charge in [0.1, 0.15) is 0 Å². The molecule has 0 aromatic rings. The molecule has 16 heteroatoms. The average molecular weight is 424 g/mol. The summed E-state index contributed by atoms with van der Waals surface area (Å²) in [6.45, 7) is 1.29. The minimum absolute atomic E-state index is 0.0640. The van der Waals surface area contributed by atoms with Crippen LogP contribution >= 0.6 is 0 Å². The van der Waals surface area contributed by atoms with Gasteiger partial charge >= 0.3 is 45.2 Å². The molecule has 0 spiro atoms. The van der Waals surface area contributed by atoms with Crippen LogP contribution in [0.25, 0.3) is 0 Å². The summed E-state index contributed by atoms with van der Waals surface area (Å²) >= 11 is 0. The summed E-state index contributed by atoms with van der Waals surface area (Å²) in [5.41, 5.74) is 0. The minimum Gasteiger partial charge on any atom is -0.448 e. The Hall–Kier alpha value is -2.00. The third-order valence-electron chi connectivity index (χ3n) is 2.28. The normalized spacial score (nSPS) is 13.2. The van der Waals surface area contributed by atoms with Crippen LogP contribution in [-0.2, 0) is 27.7 Å². The summed E-state index contributed by atoms with van der Waals surface area (Å²) in [6, 6.07) is -1.28. The smallest absolute Gasteiger partial charge is 0.448 e. The first-order chi connectivity index (χ1) is 11.4. The van der Waals surface area contributed by atoms with Crippen LogP contribution in [0.2, 0.25) is 6.04 Å². The van der Waals surface area contributed by atoms with Crippen LogP contribution in [0.1, 0.15) is 19.8 Å². The fourth-order valence-electron chi connectivity index (χ4n) is 1.21. The lowest BCUT2D eigenvalue weighted by Crippen LogP contribution is -2.55. The first-order valence-corrected chi connectivity index (χ1v) is 8.28. The Morgan fingerprint density at radius 3 is 1.15 bits per heavy atom. The van der Waals surface area contributed by atoms with Crippen molar-refractivity contribution in [3.8, 4) is 0 Å². The molecule has 152 valence electrons. The zero-order valence-electron chi connectivity index (χ0n) is 12.5. The molecule has 0 aliphatic rings. The number of rotatable bonds is 6. The van der Waals surface area contributed by atoms with E-state index in [1.165, 1.54) is 6.92 Å². The molecular weight excluding hydrogens is 415 g/mol. The molecule has 6 nitrogen and oxygen atoms in total. The molecule has 0 aliphatic heterocycles. The number of unbranched alkanes of at least 4 members (excludes halogenated alkanes) is 1. The van der Waals surface area contributed by atoms with Crippen LogP contribution in [0.3, 0.4) is 0 Å². The van der Waals surface area contributed by atoms with E-state index in [4.69, 9.17) is 0 Å². The summed E-state index contributed by atoms with van der Waals surface area (Å²) in [5.74, 6) is -9.86. The van der Waals surface area contributed by atoms with E-state index in [-0.39, 0.29) is 6.42 Å². The van der Waals surface area contributed by atoms with Crippen molar-refractivity contribution >= 4 is 26.7 Å². The Kier molecular flexibility index (Phi) is 7.50. The highest BCUT2D eigenvalue weighted by Crippen LogP contribution is 2.30. The van der Waals surface area contributed by atoms with Gasteiger partial charge in [-0.3, -0.25) is 0 Å². The minimum atomic E-state index is -6.04. The fraction of sp³-hybridized carbons (Fsp3) is 0.700. The number of carbonyl (C=O) groups is 3. The summed E-state index contributed by atoms with van der Waals surface area (Å²) in [4.78, 5) is 32.5. The molecule has 0 rings (SSSR count). The Morgan fingerprint density at radius 2 is 0.962 bits per heavy atom. The number of hydrogen-bond acceptors (Lipinski definition) is 6. The van der Waals surface area contributed by atoms with Crippen molar-refractivity contribution in [3.05, 3.63) is 0 Å². The Balaban J connectivity index is 5.96. The second kappa shape index (κ2) is 8.13. The predicted octanol–water partition coefficient (Wildman–Crippen LogP) is 3.04. The fourth-order valence-corrected chi connectivity index (χ4v) is 3.62. The Bertz CT molecular complexity index is 469. The molecule has 0 heterocycles. The van der Waals surface area contributed by atoms with Gasteiger partial charge in [0.2, 0.25) is 0 Å². The highest BCUT2D eigenvalue weighted by atomic mass is 28.4. The molecule has 0 fully saturated rings. The van der Waals surface area contributed by atoms with Crippen LogP contribution in [0.5, 0.6) is 0 Å². The van der Waals surface area contributed by atoms with E-state index in [2.05, 4.69) is 13.3 Å². The molecule has 0 aromatic carbocycles. The quantitative estimate of drug-likeness (QED) is 0.482. The zero-order chi connectivity index (χ0) is 21.0. The highest BCUT2D eigenvalue weighted by Gasteiger charge is 2.62. The zero-order valence-corrected chi connectivity index (χ0v) is 13.5. The van der Waals surface area contributed by atoms with Gasteiger partial charge in [-0.15, -0.1) is 0 Å². The van der Waals surface area contributed by atoms with Crippen LogP contribution < -0.4 is 0 Å². The Labute approximate surface area is 139 Å². The van der Waals surface area contributed by atoms with E-state index in [9.17, 15) is 53.9 Å². The van der Waals surface area contributed by atoms with E-state index >= 15 is 0 Å². The maximum atomic E-state index is 12.3. The van der Waals surface area contributed by atoms with Gasteiger partial charge in [0.25, 0.3) is 0 Å². The summed E-state index contributed by atoms with van der Waals surface area (Å²) in [7, 11) is -6.04. The SMILES string of the molecule is CCCC[Si](OC(=O)C(F)(F)F)(OC(=O)C(F)(F)F)OC(=O)C(F)(F)F. The molecule has 0 aliphatic carbocycles. The van der Waals surface area contributed by atoms with E-state index < -0.39 is 57.7 Å². The van der Waals surface area contributed by atoms with Crippen LogP contribution in [-0.4, -0.2) is 45.2 Å². The first kappa shape index (κ1) is 24.0. The van der Waals surface area contributed by atoms with Gasteiger partial charge in [-0.05, 0) is 6.42 Å². The first-order valence-electron chi connectivity index (χ1n) is 6.35. The van der Waals surface area contributed by atoms with Gasteiger partial charge in [-0.25, -0.2) is 14.4 Å². The molecule has 0 saturated heterocycles.